The lowest BCUT2D eigenvalue weighted by Crippen LogP contribution is -2.27. The Kier molecular flexibility index (Phi) is 3.24. The lowest BCUT2D eigenvalue weighted by molar-refractivity contribution is -0.140. The van der Waals surface area contributed by atoms with Crippen molar-refractivity contribution >= 4 is 28.2 Å². The Labute approximate surface area is 85.8 Å². The number of carboxylic acid groups (broad SMARTS) is 1. The molecule has 1 aromatic rings. The Balaban J connectivity index is 2.75. The van der Waals surface area contributed by atoms with Gasteiger partial charge in [0.1, 0.15) is 11.4 Å². The summed E-state index contributed by atoms with van der Waals surface area (Å²) in [4.78, 5) is 23.1. The lowest BCUT2D eigenvalue weighted by Gasteiger charge is -2.14. The molecular weight excluding hydrogens is 202 g/mol. The molecule has 0 fully saturated rings. The molecule has 76 valence electrons. The normalized spacial score (nSPS) is 9.86. The Morgan fingerprint density at radius 2 is 2.21 bits per heavy atom. The average Bonchev–Trinajstić information content (AvgIpc) is 2.48. The quantitative estimate of drug-likeness (QED) is 0.774. The van der Waals surface area contributed by atoms with E-state index in [1.807, 2.05) is 18.4 Å². The maximum atomic E-state index is 11.4. The number of aliphatic carboxylic acids is 1. The summed E-state index contributed by atoms with van der Waals surface area (Å²) in [5.74, 6) is -1.50. The zero-order chi connectivity index (χ0) is 10.7. The van der Waals surface area contributed by atoms with E-state index in [0.29, 0.717) is 0 Å². The van der Waals surface area contributed by atoms with Crippen LogP contribution in [0.3, 0.4) is 0 Å². The molecule has 0 atom stereocenters. The summed E-state index contributed by atoms with van der Waals surface area (Å²) in [5, 5.41) is 11.1. The molecule has 0 aliphatic heterocycles. The zero-order valence-corrected chi connectivity index (χ0v) is 8.80. The van der Waals surface area contributed by atoms with Crippen LogP contribution in [0.5, 0.6) is 0 Å². The van der Waals surface area contributed by atoms with E-state index in [1.54, 1.807) is 7.05 Å². The van der Waals surface area contributed by atoms with E-state index in [2.05, 4.69) is 0 Å². The molecule has 1 rings (SSSR count). The Bertz CT molecular complexity index is 359. The molecular formula is C9H11NO3S. The standard InChI is InChI=1S/C9H11NO3S/c1-6-3-4-14-9(6)10(2)7(11)5-8(12)13/h3-4H,5H2,1-2H3,(H,12,13). The highest BCUT2D eigenvalue weighted by molar-refractivity contribution is 7.14. The summed E-state index contributed by atoms with van der Waals surface area (Å²) in [7, 11) is 1.59. The number of carbonyl (C=O) groups is 2. The molecule has 0 aromatic carbocycles. The summed E-state index contributed by atoms with van der Waals surface area (Å²) >= 11 is 1.43. The summed E-state index contributed by atoms with van der Waals surface area (Å²) < 4.78 is 0. The maximum absolute atomic E-state index is 11.4. The van der Waals surface area contributed by atoms with Crippen molar-refractivity contribution in [3.8, 4) is 0 Å². The van der Waals surface area contributed by atoms with Gasteiger partial charge in [-0.05, 0) is 23.9 Å². The fraction of sp³-hybridized carbons (Fsp3) is 0.333. The highest BCUT2D eigenvalue weighted by Crippen LogP contribution is 2.25. The SMILES string of the molecule is Cc1ccsc1N(C)C(=O)CC(=O)O. The van der Waals surface area contributed by atoms with Crippen LogP contribution < -0.4 is 4.90 Å². The third-order valence-corrected chi connectivity index (χ3v) is 2.91. The van der Waals surface area contributed by atoms with Crippen LogP contribution in [0.4, 0.5) is 5.00 Å². The number of thiophene rings is 1. The number of nitrogens with zero attached hydrogens (tertiary/aromatic N) is 1. The summed E-state index contributed by atoms with van der Waals surface area (Å²) in [5.41, 5.74) is 0.983. The number of carbonyl (C=O) groups excluding carboxylic acids is 1. The molecule has 1 N–H and O–H groups in total. The number of aryl methyl sites for hydroxylation is 1. The van der Waals surface area contributed by atoms with Crippen LogP contribution in [0, 0.1) is 6.92 Å². The monoisotopic (exact) mass is 213 g/mol. The first-order chi connectivity index (χ1) is 6.52. The van der Waals surface area contributed by atoms with Gasteiger partial charge in [0.25, 0.3) is 0 Å². The molecule has 0 aliphatic rings. The largest absolute Gasteiger partial charge is 0.481 e. The Hall–Kier alpha value is -1.36. The number of anilines is 1. The third kappa shape index (κ3) is 2.32. The fourth-order valence-electron chi connectivity index (χ4n) is 1.07. The molecule has 0 aliphatic carbocycles. The van der Waals surface area contributed by atoms with Gasteiger partial charge < -0.3 is 10.0 Å². The lowest BCUT2D eigenvalue weighted by atomic mass is 10.3. The third-order valence-electron chi connectivity index (χ3n) is 1.82. The second-order valence-corrected chi connectivity index (χ2v) is 3.83. The number of hydrogen-bond donors (Lipinski definition) is 1. The Morgan fingerprint density at radius 3 is 2.64 bits per heavy atom. The summed E-state index contributed by atoms with van der Waals surface area (Å²) in [6, 6.07) is 1.89. The van der Waals surface area contributed by atoms with Gasteiger partial charge in [-0.1, -0.05) is 0 Å². The van der Waals surface area contributed by atoms with Crippen LogP contribution in [-0.4, -0.2) is 24.0 Å². The van der Waals surface area contributed by atoms with Gasteiger partial charge in [-0.15, -0.1) is 11.3 Å². The molecule has 0 radical (unpaired) electrons. The summed E-state index contributed by atoms with van der Waals surface area (Å²) in [6.07, 6.45) is -0.464. The smallest absolute Gasteiger partial charge is 0.312 e. The van der Waals surface area contributed by atoms with Crippen LogP contribution in [0.1, 0.15) is 12.0 Å². The minimum Gasteiger partial charge on any atom is -0.481 e. The van der Waals surface area contributed by atoms with Crippen molar-refractivity contribution in [1.29, 1.82) is 0 Å². The second-order valence-electron chi connectivity index (χ2n) is 2.93. The molecule has 0 spiro atoms. The van der Waals surface area contributed by atoms with Crippen LogP contribution in [0.15, 0.2) is 11.4 Å². The van der Waals surface area contributed by atoms with Crippen molar-refractivity contribution in [2.24, 2.45) is 0 Å². The van der Waals surface area contributed by atoms with Gasteiger partial charge in [-0.25, -0.2) is 0 Å². The predicted molar refractivity (Wildman–Crippen MR) is 54.7 cm³/mol. The van der Waals surface area contributed by atoms with Crippen LogP contribution in [0.2, 0.25) is 0 Å². The van der Waals surface area contributed by atoms with Gasteiger partial charge in [0.15, 0.2) is 0 Å². The van der Waals surface area contributed by atoms with E-state index in [0.717, 1.165) is 10.6 Å². The molecule has 0 unspecified atom stereocenters. The minimum absolute atomic E-state index is 0.400. The van der Waals surface area contributed by atoms with Crippen molar-refractivity contribution in [3.05, 3.63) is 17.0 Å². The van der Waals surface area contributed by atoms with Gasteiger partial charge in [-0.2, -0.15) is 0 Å². The second kappa shape index (κ2) is 4.23. The molecule has 14 heavy (non-hydrogen) atoms. The number of rotatable bonds is 3. The van der Waals surface area contributed by atoms with Gasteiger partial charge in [0.05, 0.1) is 0 Å². The first-order valence-corrected chi connectivity index (χ1v) is 4.92. The maximum Gasteiger partial charge on any atom is 0.312 e. The number of amides is 1. The van der Waals surface area contributed by atoms with Crippen LogP contribution in [0.25, 0.3) is 0 Å². The van der Waals surface area contributed by atoms with E-state index in [9.17, 15) is 9.59 Å². The number of carboxylic acids is 1. The zero-order valence-electron chi connectivity index (χ0n) is 7.98. The van der Waals surface area contributed by atoms with E-state index in [-0.39, 0.29) is 0 Å². The van der Waals surface area contributed by atoms with E-state index >= 15 is 0 Å². The fourth-order valence-corrected chi connectivity index (χ4v) is 1.98. The van der Waals surface area contributed by atoms with Gasteiger partial charge in [0, 0.05) is 7.05 Å². The summed E-state index contributed by atoms with van der Waals surface area (Å²) in [6.45, 7) is 1.89. The van der Waals surface area contributed by atoms with Crippen molar-refractivity contribution in [1.82, 2.24) is 0 Å². The van der Waals surface area contributed by atoms with Crippen molar-refractivity contribution in [2.45, 2.75) is 13.3 Å². The van der Waals surface area contributed by atoms with Gasteiger partial charge >= 0.3 is 5.97 Å². The van der Waals surface area contributed by atoms with Crippen molar-refractivity contribution < 1.29 is 14.7 Å². The first kappa shape index (κ1) is 10.7. The first-order valence-electron chi connectivity index (χ1n) is 4.05. The van der Waals surface area contributed by atoms with E-state index < -0.39 is 18.3 Å². The molecule has 4 nitrogen and oxygen atoms in total. The molecule has 1 amide bonds. The molecule has 0 bridgehead atoms. The van der Waals surface area contributed by atoms with Crippen LogP contribution in [-0.2, 0) is 9.59 Å². The van der Waals surface area contributed by atoms with Crippen molar-refractivity contribution in [3.63, 3.8) is 0 Å². The van der Waals surface area contributed by atoms with E-state index in [4.69, 9.17) is 5.11 Å². The molecule has 1 heterocycles. The minimum atomic E-state index is -1.10. The van der Waals surface area contributed by atoms with Crippen LogP contribution >= 0.6 is 11.3 Å². The van der Waals surface area contributed by atoms with Gasteiger partial charge in [-0.3, -0.25) is 9.59 Å². The average molecular weight is 213 g/mol. The highest BCUT2D eigenvalue weighted by Gasteiger charge is 2.16. The molecule has 0 saturated carbocycles. The van der Waals surface area contributed by atoms with Crippen molar-refractivity contribution in [2.75, 3.05) is 11.9 Å². The predicted octanol–water partition coefficient (Wildman–Crippen LogP) is 1.49. The Morgan fingerprint density at radius 1 is 1.57 bits per heavy atom. The van der Waals surface area contributed by atoms with E-state index in [1.165, 1.54) is 16.2 Å². The molecule has 1 aromatic heterocycles. The van der Waals surface area contributed by atoms with Gasteiger partial charge in [0.2, 0.25) is 5.91 Å². The molecule has 0 saturated heterocycles. The number of hydrogen-bond acceptors (Lipinski definition) is 3. The highest BCUT2D eigenvalue weighted by atomic mass is 32.1. The molecule has 5 heteroatoms. The topological polar surface area (TPSA) is 57.6 Å².